The van der Waals surface area contributed by atoms with Crippen LogP contribution in [0.3, 0.4) is 0 Å². The molecular weight excluding hydrogens is 404 g/mol. The summed E-state index contributed by atoms with van der Waals surface area (Å²) < 4.78 is 2.27. The number of amides is 1. The van der Waals surface area contributed by atoms with E-state index >= 15 is 0 Å². The van der Waals surface area contributed by atoms with Gasteiger partial charge < -0.3 is 0 Å². The fourth-order valence-electron chi connectivity index (χ4n) is 2.77. The maximum absolute atomic E-state index is 12.7. The van der Waals surface area contributed by atoms with Crippen molar-refractivity contribution >= 4 is 22.4 Å². The third-order valence-corrected chi connectivity index (χ3v) is 5.05. The highest BCUT2D eigenvalue weighted by molar-refractivity contribution is 7.18. The van der Waals surface area contributed by atoms with Gasteiger partial charge in [0, 0.05) is 18.5 Å². The monoisotopic (exact) mass is 420 g/mol. The minimum Gasteiger partial charge on any atom is -0.299 e. The SMILES string of the molecule is O=C(Cn1c(=O)ccn(Cc2ccccc2)c1=O)Nc1nnc(-c2ccccn2)s1. The predicted molar refractivity (Wildman–Crippen MR) is 112 cm³/mol. The van der Waals surface area contributed by atoms with Gasteiger partial charge in [0.1, 0.15) is 12.2 Å². The van der Waals surface area contributed by atoms with Crippen molar-refractivity contribution in [2.24, 2.45) is 0 Å². The van der Waals surface area contributed by atoms with Gasteiger partial charge in [-0.3, -0.25) is 29.0 Å². The molecule has 10 heteroatoms. The molecule has 0 aliphatic heterocycles. The van der Waals surface area contributed by atoms with Crippen molar-refractivity contribution in [3.05, 3.63) is 93.4 Å². The van der Waals surface area contributed by atoms with Crippen molar-refractivity contribution in [3.8, 4) is 10.7 Å². The molecule has 1 amide bonds. The Hall–Kier alpha value is -3.92. The van der Waals surface area contributed by atoms with Crippen LogP contribution in [0.4, 0.5) is 5.13 Å². The molecule has 0 spiro atoms. The minimum absolute atomic E-state index is 0.259. The van der Waals surface area contributed by atoms with Crippen LogP contribution in [-0.4, -0.2) is 30.2 Å². The standard InChI is InChI=1S/C20H16N6O3S/c27-16(22-19-24-23-18(30-19)15-8-4-5-10-21-15)13-26-17(28)9-11-25(20(26)29)12-14-6-2-1-3-7-14/h1-11H,12-13H2,(H,22,24,27). The first kappa shape index (κ1) is 19.4. The smallest absolute Gasteiger partial charge is 0.299 e. The first-order valence-corrected chi connectivity index (χ1v) is 9.81. The number of nitrogens with one attached hydrogen (secondary N) is 1. The van der Waals surface area contributed by atoms with E-state index in [0.717, 1.165) is 21.5 Å². The van der Waals surface area contributed by atoms with Gasteiger partial charge in [0.25, 0.3) is 5.56 Å². The lowest BCUT2D eigenvalue weighted by Crippen LogP contribution is -2.41. The van der Waals surface area contributed by atoms with Crippen molar-refractivity contribution in [1.29, 1.82) is 0 Å². The van der Waals surface area contributed by atoms with Crippen LogP contribution in [0.5, 0.6) is 0 Å². The third kappa shape index (κ3) is 4.39. The van der Waals surface area contributed by atoms with E-state index < -0.39 is 23.7 Å². The quantitative estimate of drug-likeness (QED) is 0.507. The van der Waals surface area contributed by atoms with E-state index in [2.05, 4.69) is 20.5 Å². The van der Waals surface area contributed by atoms with Crippen LogP contribution < -0.4 is 16.6 Å². The van der Waals surface area contributed by atoms with Crippen LogP contribution in [0, 0.1) is 0 Å². The van der Waals surface area contributed by atoms with Crippen LogP contribution in [0.25, 0.3) is 10.7 Å². The molecule has 0 saturated carbocycles. The Labute approximate surface area is 174 Å². The van der Waals surface area contributed by atoms with Crippen LogP contribution in [0.2, 0.25) is 0 Å². The second-order valence-corrected chi connectivity index (χ2v) is 7.29. The molecule has 0 fully saturated rings. The number of pyridine rings is 1. The summed E-state index contributed by atoms with van der Waals surface area (Å²) in [5, 5.41) is 11.3. The van der Waals surface area contributed by atoms with Crippen molar-refractivity contribution in [1.82, 2.24) is 24.3 Å². The molecule has 0 aliphatic rings. The fraction of sp³-hybridized carbons (Fsp3) is 0.100. The molecule has 1 aromatic carbocycles. The van der Waals surface area contributed by atoms with E-state index in [1.54, 1.807) is 18.3 Å². The fourth-order valence-corrected chi connectivity index (χ4v) is 3.51. The van der Waals surface area contributed by atoms with Gasteiger partial charge >= 0.3 is 5.69 Å². The van der Waals surface area contributed by atoms with Crippen molar-refractivity contribution in [2.75, 3.05) is 5.32 Å². The summed E-state index contributed by atoms with van der Waals surface area (Å²) in [6, 6.07) is 16.0. The molecule has 3 heterocycles. The van der Waals surface area contributed by atoms with Crippen molar-refractivity contribution < 1.29 is 4.79 Å². The van der Waals surface area contributed by atoms with Gasteiger partial charge in [-0.15, -0.1) is 10.2 Å². The van der Waals surface area contributed by atoms with Crippen molar-refractivity contribution in [3.63, 3.8) is 0 Å². The number of rotatable bonds is 6. The average molecular weight is 420 g/mol. The van der Waals surface area contributed by atoms with Gasteiger partial charge in [0.2, 0.25) is 11.0 Å². The van der Waals surface area contributed by atoms with Gasteiger partial charge in [-0.05, 0) is 17.7 Å². The topological polar surface area (TPSA) is 112 Å². The van der Waals surface area contributed by atoms with E-state index in [4.69, 9.17) is 0 Å². The molecule has 3 aromatic heterocycles. The highest BCUT2D eigenvalue weighted by Crippen LogP contribution is 2.24. The van der Waals surface area contributed by atoms with Crippen LogP contribution in [-0.2, 0) is 17.9 Å². The average Bonchev–Trinajstić information content (AvgIpc) is 3.23. The summed E-state index contributed by atoms with van der Waals surface area (Å²) in [4.78, 5) is 41.4. The van der Waals surface area contributed by atoms with Crippen molar-refractivity contribution in [2.45, 2.75) is 13.1 Å². The molecule has 0 radical (unpaired) electrons. The Morgan fingerprint density at radius 1 is 1.00 bits per heavy atom. The van der Waals surface area contributed by atoms with Crippen LogP contribution in [0.1, 0.15) is 5.56 Å². The highest BCUT2D eigenvalue weighted by atomic mass is 32.1. The lowest BCUT2D eigenvalue weighted by molar-refractivity contribution is -0.116. The molecule has 0 atom stereocenters. The zero-order valence-electron chi connectivity index (χ0n) is 15.6. The summed E-state index contributed by atoms with van der Waals surface area (Å²) in [6.07, 6.45) is 3.06. The normalized spacial score (nSPS) is 10.7. The summed E-state index contributed by atoms with van der Waals surface area (Å²) in [5.74, 6) is -0.546. The molecule has 4 aromatic rings. The lowest BCUT2D eigenvalue weighted by Gasteiger charge is -2.09. The zero-order chi connectivity index (χ0) is 20.9. The summed E-state index contributed by atoms with van der Waals surface area (Å²) in [6.45, 7) is -0.128. The second-order valence-electron chi connectivity index (χ2n) is 6.31. The molecule has 4 rings (SSSR count). The number of carbonyl (C=O) groups is 1. The number of carbonyl (C=O) groups excluding carboxylic acids is 1. The number of aromatic nitrogens is 5. The van der Waals surface area contributed by atoms with E-state index in [9.17, 15) is 14.4 Å². The number of anilines is 1. The van der Waals surface area contributed by atoms with E-state index in [1.165, 1.54) is 16.8 Å². The van der Waals surface area contributed by atoms with E-state index in [-0.39, 0.29) is 5.13 Å². The number of nitrogens with zero attached hydrogens (tertiary/aromatic N) is 5. The van der Waals surface area contributed by atoms with Gasteiger partial charge in [-0.25, -0.2) is 4.79 Å². The molecule has 30 heavy (non-hydrogen) atoms. The summed E-state index contributed by atoms with van der Waals surface area (Å²) in [5.41, 5.74) is 0.433. The maximum atomic E-state index is 12.7. The zero-order valence-corrected chi connectivity index (χ0v) is 16.5. The minimum atomic E-state index is -0.562. The Balaban J connectivity index is 1.49. The summed E-state index contributed by atoms with van der Waals surface area (Å²) in [7, 11) is 0. The lowest BCUT2D eigenvalue weighted by atomic mass is 10.2. The first-order valence-electron chi connectivity index (χ1n) is 8.99. The second kappa shape index (κ2) is 8.62. The van der Waals surface area contributed by atoms with Gasteiger partial charge in [0.05, 0.1) is 6.54 Å². The third-order valence-electron chi connectivity index (χ3n) is 4.19. The number of benzene rings is 1. The Morgan fingerprint density at radius 2 is 1.80 bits per heavy atom. The molecular formula is C20H16N6O3S. The molecule has 150 valence electrons. The van der Waals surface area contributed by atoms with Crippen LogP contribution in [0.15, 0.2) is 76.6 Å². The Kier molecular flexibility index (Phi) is 5.57. The Morgan fingerprint density at radius 3 is 2.57 bits per heavy atom. The molecule has 0 bridgehead atoms. The van der Waals surface area contributed by atoms with E-state index in [0.29, 0.717) is 17.2 Å². The molecule has 0 saturated heterocycles. The van der Waals surface area contributed by atoms with Gasteiger partial charge in [-0.1, -0.05) is 47.7 Å². The molecule has 9 nitrogen and oxygen atoms in total. The molecule has 1 N–H and O–H groups in total. The molecule has 0 unspecified atom stereocenters. The first-order chi connectivity index (χ1) is 14.6. The summed E-state index contributed by atoms with van der Waals surface area (Å²) >= 11 is 1.15. The maximum Gasteiger partial charge on any atom is 0.331 e. The highest BCUT2D eigenvalue weighted by Gasteiger charge is 2.14. The number of hydrogen-bond acceptors (Lipinski definition) is 7. The molecule has 0 aliphatic carbocycles. The van der Waals surface area contributed by atoms with Gasteiger partial charge in [-0.2, -0.15) is 0 Å². The van der Waals surface area contributed by atoms with Gasteiger partial charge in [0.15, 0.2) is 5.01 Å². The number of hydrogen-bond donors (Lipinski definition) is 1. The Bertz CT molecular complexity index is 1280. The van der Waals surface area contributed by atoms with E-state index in [1.807, 2.05) is 36.4 Å². The largest absolute Gasteiger partial charge is 0.331 e. The van der Waals surface area contributed by atoms with Crippen LogP contribution >= 0.6 is 11.3 Å². The predicted octanol–water partition coefficient (Wildman–Crippen LogP) is 1.61.